The van der Waals surface area contributed by atoms with Crippen LogP contribution in [0.15, 0.2) is 61.2 Å². The van der Waals surface area contributed by atoms with E-state index in [1.165, 1.54) is 11.3 Å². The summed E-state index contributed by atoms with van der Waals surface area (Å²) >= 11 is 1.44. The molecule has 0 amide bonds. The molecule has 1 fully saturated rings. The lowest BCUT2D eigenvalue weighted by Gasteiger charge is -2.13. The van der Waals surface area contributed by atoms with Crippen LogP contribution in [0.2, 0.25) is 0 Å². The number of Topliss-reactive ketones (excluding diaryl/α,β-unsaturated/α-hetero) is 1. The van der Waals surface area contributed by atoms with Crippen LogP contribution >= 0.6 is 11.3 Å². The van der Waals surface area contributed by atoms with Crippen molar-refractivity contribution < 1.29 is 9.90 Å². The van der Waals surface area contributed by atoms with Gasteiger partial charge in [-0.2, -0.15) is 5.10 Å². The fourth-order valence-electron chi connectivity index (χ4n) is 4.68. The highest BCUT2D eigenvalue weighted by Crippen LogP contribution is 2.37. The van der Waals surface area contributed by atoms with Crippen LogP contribution in [0.1, 0.15) is 29.4 Å². The number of aliphatic hydroxyl groups is 1. The lowest BCUT2D eigenvalue weighted by molar-refractivity contribution is 0.102. The molecule has 1 atom stereocenters. The van der Waals surface area contributed by atoms with Gasteiger partial charge in [-0.05, 0) is 56.2 Å². The van der Waals surface area contributed by atoms with Crippen LogP contribution in [0, 0.1) is 5.92 Å². The maximum atomic E-state index is 11.8. The summed E-state index contributed by atoms with van der Waals surface area (Å²) in [5, 5.41) is 22.8. The van der Waals surface area contributed by atoms with E-state index in [0.29, 0.717) is 16.4 Å². The van der Waals surface area contributed by atoms with Gasteiger partial charge in [0, 0.05) is 51.9 Å². The monoisotopic (exact) mass is 521 g/mol. The van der Waals surface area contributed by atoms with E-state index in [1.54, 1.807) is 31.7 Å². The van der Waals surface area contributed by atoms with E-state index < -0.39 is 6.23 Å². The molecule has 0 radical (unpaired) electrons. The molecule has 0 aromatic carbocycles. The van der Waals surface area contributed by atoms with Gasteiger partial charge in [-0.3, -0.25) is 19.9 Å². The zero-order valence-electron chi connectivity index (χ0n) is 20.4. The first-order valence-corrected chi connectivity index (χ1v) is 13.2. The number of nitrogens with one attached hydrogen (secondary N) is 3. The Morgan fingerprint density at radius 3 is 2.74 bits per heavy atom. The quantitative estimate of drug-likeness (QED) is 0.158. The minimum absolute atomic E-state index is 0.0464. The number of rotatable bonds is 7. The number of pyridine rings is 3. The molecule has 0 spiro atoms. The number of aliphatic hydroxyl groups excluding tert-OH is 1. The molecular weight excluding hydrogens is 498 g/mol. The Kier molecular flexibility index (Phi) is 5.31. The van der Waals surface area contributed by atoms with E-state index in [2.05, 4.69) is 35.5 Å². The van der Waals surface area contributed by atoms with Crippen molar-refractivity contribution in [3.63, 3.8) is 0 Å². The Hall–Kier alpha value is -4.41. The summed E-state index contributed by atoms with van der Waals surface area (Å²) < 4.78 is 0. The maximum Gasteiger partial charge on any atom is 0.169 e. The van der Waals surface area contributed by atoms with Gasteiger partial charge in [-0.25, -0.2) is 4.98 Å². The smallest absolute Gasteiger partial charge is 0.169 e. The van der Waals surface area contributed by atoms with Crippen LogP contribution in [-0.2, 0) is 0 Å². The van der Waals surface area contributed by atoms with Crippen molar-refractivity contribution in [3.05, 3.63) is 66.1 Å². The van der Waals surface area contributed by atoms with E-state index in [-0.39, 0.29) is 5.78 Å². The first-order valence-electron chi connectivity index (χ1n) is 12.4. The number of aromatic amines is 2. The number of hydrogen-bond acceptors (Lipinski definition) is 8. The van der Waals surface area contributed by atoms with Gasteiger partial charge in [-0.1, -0.05) is 0 Å². The van der Waals surface area contributed by atoms with Crippen LogP contribution in [-0.4, -0.2) is 47.3 Å². The lowest BCUT2D eigenvalue weighted by Crippen LogP contribution is -2.20. The van der Waals surface area contributed by atoms with Crippen LogP contribution in [0.25, 0.3) is 55.0 Å². The molecule has 10 heteroatoms. The Morgan fingerprint density at radius 2 is 1.92 bits per heavy atom. The van der Waals surface area contributed by atoms with Crippen molar-refractivity contribution in [2.24, 2.45) is 5.92 Å². The Labute approximate surface area is 221 Å². The summed E-state index contributed by atoms with van der Waals surface area (Å²) in [6, 6.07) is 11.8. The number of aromatic nitrogens is 6. The molecule has 6 aromatic rings. The predicted octanol–water partition coefficient (Wildman–Crippen LogP) is 5.63. The fraction of sp³-hybridized carbons (Fsp3) is 0.179. The third kappa shape index (κ3) is 4.04. The Balaban J connectivity index is 1.27. The number of carbonyl (C=O) groups excluding carboxylic acids is 1. The summed E-state index contributed by atoms with van der Waals surface area (Å²) in [5.74, 6) is 0.360. The summed E-state index contributed by atoms with van der Waals surface area (Å²) in [4.78, 5) is 30.5. The van der Waals surface area contributed by atoms with Crippen LogP contribution in [0.3, 0.4) is 0 Å². The first-order chi connectivity index (χ1) is 18.5. The van der Waals surface area contributed by atoms with Gasteiger partial charge >= 0.3 is 0 Å². The van der Waals surface area contributed by atoms with E-state index in [9.17, 15) is 9.90 Å². The van der Waals surface area contributed by atoms with Gasteiger partial charge in [-0.15, -0.1) is 11.3 Å². The van der Waals surface area contributed by atoms with Crippen molar-refractivity contribution >= 4 is 44.7 Å². The fourth-order valence-corrected chi connectivity index (χ4v) is 5.59. The molecule has 0 bridgehead atoms. The number of ketones is 1. The largest absolute Gasteiger partial charge is 0.374 e. The van der Waals surface area contributed by atoms with Gasteiger partial charge in [0.2, 0.25) is 0 Å². The van der Waals surface area contributed by atoms with Gasteiger partial charge in [0.05, 0.1) is 33.0 Å². The second-order valence-electron chi connectivity index (χ2n) is 9.61. The number of H-pyrrole nitrogens is 2. The molecule has 7 rings (SSSR count). The molecule has 0 aliphatic heterocycles. The van der Waals surface area contributed by atoms with E-state index in [1.807, 2.05) is 36.4 Å². The summed E-state index contributed by atoms with van der Waals surface area (Å²) in [5.41, 5.74) is 6.57. The molecule has 9 nitrogen and oxygen atoms in total. The molecular formula is C28H23N7O2S. The Morgan fingerprint density at radius 1 is 1.05 bits per heavy atom. The van der Waals surface area contributed by atoms with Crippen LogP contribution in [0.4, 0.5) is 5.69 Å². The summed E-state index contributed by atoms with van der Waals surface area (Å²) in [7, 11) is 0. The van der Waals surface area contributed by atoms with Crippen LogP contribution < -0.4 is 5.32 Å². The molecule has 1 aliphatic rings. The van der Waals surface area contributed by atoms with E-state index in [0.717, 1.165) is 67.9 Å². The first kappa shape index (κ1) is 22.8. The SMILES string of the molecule is CC(=O)c1ccc(-c2nccc3[nH]c(-c4n[nH]c5ncc(-c6cncc(NC(O)C7CC7)c6)cc45)cc23)s1. The summed E-state index contributed by atoms with van der Waals surface area (Å²) in [6.45, 7) is 1.57. The predicted molar refractivity (Wildman–Crippen MR) is 148 cm³/mol. The highest BCUT2D eigenvalue weighted by atomic mass is 32.1. The molecule has 1 unspecified atom stereocenters. The molecule has 188 valence electrons. The van der Waals surface area contributed by atoms with Gasteiger partial charge in [0.25, 0.3) is 0 Å². The lowest BCUT2D eigenvalue weighted by atomic mass is 10.1. The minimum Gasteiger partial charge on any atom is -0.374 e. The molecule has 1 saturated carbocycles. The third-order valence-electron chi connectivity index (χ3n) is 6.86. The third-order valence-corrected chi connectivity index (χ3v) is 8.05. The second-order valence-corrected chi connectivity index (χ2v) is 10.7. The zero-order chi connectivity index (χ0) is 25.8. The Bertz CT molecular complexity index is 1830. The molecule has 6 heterocycles. The van der Waals surface area contributed by atoms with Crippen molar-refractivity contribution in [1.29, 1.82) is 0 Å². The van der Waals surface area contributed by atoms with Crippen molar-refractivity contribution in [2.75, 3.05) is 5.32 Å². The van der Waals surface area contributed by atoms with Crippen molar-refractivity contribution in [1.82, 2.24) is 30.1 Å². The molecule has 1 aliphatic carbocycles. The number of thiophene rings is 1. The molecule has 0 saturated heterocycles. The van der Waals surface area contributed by atoms with Gasteiger partial charge in [0.1, 0.15) is 11.9 Å². The second kappa shape index (κ2) is 8.86. The van der Waals surface area contributed by atoms with Gasteiger partial charge in [0.15, 0.2) is 11.4 Å². The number of carbonyl (C=O) groups is 1. The van der Waals surface area contributed by atoms with E-state index in [4.69, 9.17) is 0 Å². The van der Waals surface area contributed by atoms with Crippen molar-refractivity contribution in [3.8, 4) is 33.1 Å². The molecule has 38 heavy (non-hydrogen) atoms. The minimum atomic E-state index is -0.558. The number of nitrogens with zero attached hydrogens (tertiary/aromatic N) is 4. The van der Waals surface area contributed by atoms with E-state index >= 15 is 0 Å². The normalized spacial score (nSPS) is 14.3. The standard InChI is InChI=1S/C28H23N7O2S/c1-14(36)23-4-5-24(38-23)26-19-10-22(33-21(19)6-7-30-26)25-20-9-17(12-31-27(20)35-34-25)16-8-18(13-29-11-16)32-28(37)15-2-3-15/h4-13,15,28,32-33,37H,2-3H2,1H3,(H,31,34,35). The molecule has 6 aromatic heterocycles. The van der Waals surface area contributed by atoms with Crippen molar-refractivity contribution in [2.45, 2.75) is 26.0 Å². The van der Waals surface area contributed by atoms with Gasteiger partial charge < -0.3 is 15.4 Å². The highest BCUT2D eigenvalue weighted by molar-refractivity contribution is 7.17. The number of anilines is 1. The number of fused-ring (bicyclic) bond motifs is 2. The topological polar surface area (TPSA) is 132 Å². The molecule has 4 N–H and O–H groups in total. The number of hydrogen-bond donors (Lipinski definition) is 4. The average Bonchev–Trinajstić information content (AvgIpc) is 3.32. The summed E-state index contributed by atoms with van der Waals surface area (Å²) in [6.07, 6.45) is 8.59. The zero-order valence-corrected chi connectivity index (χ0v) is 21.2. The average molecular weight is 522 g/mol. The highest BCUT2D eigenvalue weighted by Gasteiger charge is 2.29. The van der Waals surface area contributed by atoms with Crippen LogP contribution in [0.5, 0.6) is 0 Å². The maximum absolute atomic E-state index is 11.8.